The summed E-state index contributed by atoms with van der Waals surface area (Å²) in [6.45, 7) is 1.47. The minimum atomic E-state index is -0.683. The third-order valence-corrected chi connectivity index (χ3v) is 2.82. The number of amides is 5. The van der Waals surface area contributed by atoms with Crippen molar-refractivity contribution in [1.29, 1.82) is 0 Å². The van der Waals surface area contributed by atoms with Crippen LogP contribution in [0.2, 0.25) is 5.02 Å². The van der Waals surface area contributed by atoms with Gasteiger partial charge in [-0.2, -0.15) is 0 Å². The molecule has 0 spiro atoms. The van der Waals surface area contributed by atoms with Crippen molar-refractivity contribution in [3.8, 4) is 0 Å². The Bertz CT molecular complexity index is 562. The fourth-order valence-corrected chi connectivity index (χ4v) is 1.61. The second kappa shape index (κ2) is 5.11. The maximum absolute atomic E-state index is 11.6. The van der Waals surface area contributed by atoms with Gasteiger partial charge in [-0.3, -0.25) is 15.1 Å². The van der Waals surface area contributed by atoms with Crippen molar-refractivity contribution >= 4 is 35.3 Å². The number of anilines is 1. The number of carbonyl (C=O) groups excluding carboxylic acids is 3. The summed E-state index contributed by atoms with van der Waals surface area (Å²) in [7, 11) is 0. The number of rotatable bonds is 2. The van der Waals surface area contributed by atoms with E-state index in [-0.39, 0.29) is 6.54 Å². The first-order valence-electron chi connectivity index (χ1n) is 5.27. The molecule has 2 rings (SSSR count). The van der Waals surface area contributed by atoms with E-state index < -0.39 is 18.0 Å². The topological polar surface area (TPSA) is 103 Å². The van der Waals surface area contributed by atoms with Crippen LogP contribution in [0.15, 0.2) is 12.3 Å². The number of hydrogen-bond acceptors (Lipinski definition) is 4. The molecule has 5 amide bonds. The Kier molecular flexibility index (Phi) is 3.52. The molecule has 0 bridgehead atoms. The normalized spacial score (nSPS) is 14.3. The predicted molar refractivity (Wildman–Crippen MR) is 66.4 cm³/mol. The Balaban J connectivity index is 2.00. The van der Waals surface area contributed by atoms with Gasteiger partial charge in [-0.1, -0.05) is 11.6 Å². The summed E-state index contributed by atoms with van der Waals surface area (Å²) in [4.78, 5) is 37.7. The lowest BCUT2D eigenvalue weighted by Crippen LogP contribution is -2.46. The number of imide groups is 1. The van der Waals surface area contributed by atoms with Crippen LogP contribution >= 0.6 is 11.6 Å². The Morgan fingerprint density at radius 2 is 2.26 bits per heavy atom. The highest BCUT2D eigenvalue weighted by atomic mass is 35.5. The number of nitrogens with one attached hydrogen (secondary N) is 3. The van der Waals surface area contributed by atoms with E-state index in [4.69, 9.17) is 11.6 Å². The fourth-order valence-electron chi connectivity index (χ4n) is 1.45. The molecule has 100 valence electrons. The van der Waals surface area contributed by atoms with E-state index >= 15 is 0 Å². The molecule has 1 fully saturated rings. The fraction of sp³-hybridized carbons (Fsp3) is 0.200. The van der Waals surface area contributed by atoms with E-state index in [0.29, 0.717) is 16.4 Å². The quantitative estimate of drug-likeness (QED) is 0.693. The lowest BCUT2D eigenvalue weighted by atomic mass is 10.3. The smallest absolute Gasteiger partial charge is 0.305 e. The number of pyridine rings is 1. The van der Waals surface area contributed by atoms with Crippen LogP contribution in [0.4, 0.5) is 15.3 Å². The van der Waals surface area contributed by atoms with Crippen molar-refractivity contribution in [2.45, 2.75) is 6.92 Å². The summed E-state index contributed by atoms with van der Waals surface area (Å²) < 4.78 is 0. The highest BCUT2D eigenvalue weighted by molar-refractivity contribution is 6.34. The van der Waals surface area contributed by atoms with Gasteiger partial charge in [0.05, 0.1) is 16.4 Å². The molecular formula is C10H10ClN5O3. The van der Waals surface area contributed by atoms with E-state index in [1.165, 1.54) is 12.3 Å². The zero-order valence-electron chi connectivity index (χ0n) is 9.86. The predicted octanol–water partition coefficient (Wildman–Crippen LogP) is 0.632. The van der Waals surface area contributed by atoms with Crippen molar-refractivity contribution in [1.82, 2.24) is 20.7 Å². The van der Waals surface area contributed by atoms with Crippen LogP contribution < -0.4 is 16.1 Å². The Morgan fingerprint density at radius 3 is 2.89 bits per heavy atom. The van der Waals surface area contributed by atoms with Gasteiger partial charge < -0.3 is 5.32 Å². The van der Waals surface area contributed by atoms with Crippen molar-refractivity contribution in [3.05, 3.63) is 23.0 Å². The van der Waals surface area contributed by atoms with Gasteiger partial charge in [-0.15, -0.1) is 0 Å². The van der Waals surface area contributed by atoms with Crippen LogP contribution in [0.25, 0.3) is 0 Å². The molecule has 1 aliphatic heterocycles. The minimum Gasteiger partial charge on any atom is -0.305 e. The maximum atomic E-state index is 11.6. The lowest BCUT2D eigenvalue weighted by molar-refractivity contribution is -0.118. The SMILES string of the molecule is Cc1nccc(NC(=O)NN2CC(=O)NC2=O)c1Cl. The van der Waals surface area contributed by atoms with Gasteiger partial charge in [-0.05, 0) is 13.0 Å². The molecule has 0 aliphatic carbocycles. The molecule has 2 heterocycles. The van der Waals surface area contributed by atoms with Gasteiger partial charge in [0.1, 0.15) is 6.54 Å². The number of halogens is 1. The van der Waals surface area contributed by atoms with Crippen molar-refractivity contribution in [2.75, 3.05) is 11.9 Å². The van der Waals surface area contributed by atoms with Gasteiger partial charge in [0.2, 0.25) is 5.91 Å². The molecule has 1 aromatic rings. The Morgan fingerprint density at radius 1 is 1.53 bits per heavy atom. The molecule has 0 saturated carbocycles. The number of nitrogens with zero attached hydrogens (tertiary/aromatic N) is 2. The molecule has 0 unspecified atom stereocenters. The van der Waals surface area contributed by atoms with Gasteiger partial charge >= 0.3 is 12.1 Å². The van der Waals surface area contributed by atoms with Gasteiger partial charge in [0.15, 0.2) is 0 Å². The number of hydrogen-bond donors (Lipinski definition) is 3. The lowest BCUT2D eigenvalue weighted by Gasteiger charge is -2.15. The molecule has 1 aromatic heterocycles. The highest BCUT2D eigenvalue weighted by Crippen LogP contribution is 2.23. The van der Waals surface area contributed by atoms with Gasteiger partial charge in [0, 0.05) is 6.20 Å². The van der Waals surface area contributed by atoms with E-state index in [0.717, 1.165) is 5.01 Å². The van der Waals surface area contributed by atoms with Gasteiger partial charge in [0.25, 0.3) is 0 Å². The average molecular weight is 284 g/mol. The zero-order chi connectivity index (χ0) is 14.0. The van der Waals surface area contributed by atoms with E-state index in [1.807, 2.05) is 5.32 Å². The third-order valence-electron chi connectivity index (χ3n) is 2.34. The third kappa shape index (κ3) is 2.91. The molecule has 3 N–H and O–H groups in total. The molecule has 8 nitrogen and oxygen atoms in total. The second-order valence-corrected chi connectivity index (χ2v) is 4.14. The molecule has 0 aromatic carbocycles. The molecule has 19 heavy (non-hydrogen) atoms. The first-order chi connectivity index (χ1) is 8.97. The van der Waals surface area contributed by atoms with Crippen LogP contribution in [0.3, 0.4) is 0 Å². The first kappa shape index (κ1) is 13.1. The number of aryl methyl sites for hydroxylation is 1. The monoisotopic (exact) mass is 283 g/mol. The molecule has 9 heteroatoms. The molecule has 0 radical (unpaired) electrons. The summed E-state index contributed by atoms with van der Waals surface area (Å²) >= 11 is 5.95. The largest absolute Gasteiger partial charge is 0.343 e. The van der Waals surface area contributed by atoms with Gasteiger partial charge in [-0.25, -0.2) is 20.0 Å². The second-order valence-electron chi connectivity index (χ2n) is 3.76. The molecule has 0 atom stereocenters. The highest BCUT2D eigenvalue weighted by Gasteiger charge is 2.28. The Labute approximate surface area is 113 Å². The van der Waals surface area contributed by atoms with Crippen LogP contribution in [-0.2, 0) is 4.79 Å². The van der Waals surface area contributed by atoms with Crippen LogP contribution in [0, 0.1) is 6.92 Å². The number of carbonyl (C=O) groups is 3. The van der Waals surface area contributed by atoms with Crippen LogP contribution in [0.1, 0.15) is 5.69 Å². The Hall–Kier alpha value is -2.35. The molecule has 1 aliphatic rings. The average Bonchev–Trinajstić information content (AvgIpc) is 2.64. The number of hydrazine groups is 1. The summed E-state index contributed by atoms with van der Waals surface area (Å²) in [5.41, 5.74) is 3.15. The van der Waals surface area contributed by atoms with Crippen molar-refractivity contribution in [3.63, 3.8) is 0 Å². The van der Waals surface area contributed by atoms with E-state index in [9.17, 15) is 14.4 Å². The zero-order valence-corrected chi connectivity index (χ0v) is 10.6. The summed E-state index contributed by atoms with van der Waals surface area (Å²) in [5, 5.41) is 5.65. The van der Waals surface area contributed by atoms with Crippen LogP contribution in [0.5, 0.6) is 0 Å². The first-order valence-corrected chi connectivity index (χ1v) is 5.65. The summed E-state index contributed by atoms with van der Waals surface area (Å²) in [5.74, 6) is -0.483. The molecular weight excluding hydrogens is 274 g/mol. The standard InChI is InChI=1S/C10H10ClN5O3/c1-5-8(11)6(2-3-12-5)13-9(18)15-16-4-7(17)14-10(16)19/h2-3H,4H2,1H3,(H,14,17,19)(H2,12,13,15,18). The van der Waals surface area contributed by atoms with E-state index in [2.05, 4.69) is 15.7 Å². The maximum Gasteiger partial charge on any atom is 0.343 e. The number of urea groups is 2. The molecule has 1 saturated heterocycles. The summed E-state index contributed by atoms with van der Waals surface area (Å²) in [6.07, 6.45) is 1.49. The van der Waals surface area contributed by atoms with Crippen molar-refractivity contribution < 1.29 is 14.4 Å². The van der Waals surface area contributed by atoms with E-state index in [1.54, 1.807) is 6.92 Å². The summed E-state index contributed by atoms with van der Waals surface area (Å²) in [6, 6.07) is 0.152. The number of aromatic nitrogens is 1. The van der Waals surface area contributed by atoms with Crippen LogP contribution in [-0.4, -0.2) is 34.5 Å². The minimum absolute atomic E-state index is 0.227. The van der Waals surface area contributed by atoms with Crippen molar-refractivity contribution in [2.24, 2.45) is 0 Å².